The minimum Gasteiger partial charge on any atom is -0.307 e. The first-order valence-corrected chi connectivity index (χ1v) is 13.0. The average Bonchev–Trinajstić information content (AvgIpc) is 2.89. The van der Waals surface area contributed by atoms with E-state index in [2.05, 4.69) is 10.6 Å². The van der Waals surface area contributed by atoms with Crippen LogP contribution in [0.3, 0.4) is 0 Å². The van der Waals surface area contributed by atoms with Crippen LogP contribution in [-0.4, -0.2) is 12.1 Å². The molecule has 2 N–H and O–H groups in total. The van der Waals surface area contributed by atoms with Crippen LogP contribution in [0, 0.1) is 13.8 Å². The van der Waals surface area contributed by atoms with Gasteiger partial charge >= 0.3 is 12.1 Å². The lowest BCUT2D eigenvalue weighted by Gasteiger charge is -2.48. The summed E-state index contributed by atoms with van der Waals surface area (Å²) in [5, 5.41) is 7.12. The van der Waals surface area contributed by atoms with Crippen LogP contribution in [0.1, 0.15) is 34.3 Å². The molecular formula is C30H24Cl2N4O2. The summed E-state index contributed by atoms with van der Waals surface area (Å²) in [6, 6.07) is 24.4. The minimum absolute atomic E-state index is 0.293. The predicted molar refractivity (Wildman–Crippen MR) is 154 cm³/mol. The van der Waals surface area contributed by atoms with Crippen molar-refractivity contribution in [2.75, 3.05) is 20.4 Å². The zero-order chi connectivity index (χ0) is 26.6. The van der Waals surface area contributed by atoms with E-state index in [4.69, 9.17) is 23.2 Å². The van der Waals surface area contributed by atoms with E-state index in [0.29, 0.717) is 21.4 Å². The van der Waals surface area contributed by atoms with Crippen molar-refractivity contribution in [3.8, 4) is 0 Å². The van der Waals surface area contributed by atoms with Gasteiger partial charge < -0.3 is 10.6 Å². The fourth-order valence-electron chi connectivity index (χ4n) is 5.47. The van der Waals surface area contributed by atoms with E-state index >= 15 is 0 Å². The molecule has 0 bridgehead atoms. The number of para-hydroxylation sites is 2. The second-order valence-corrected chi connectivity index (χ2v) is 10.4. The van der Waals surface area contributed by atoms with Gasteiger partial charge in [0.15, 0.2) is 0 Å². The molecule has 0 spiro atoms. The van der Waals surface area contributed by atoms with E-state index < -0.39 is 12.1 Å². The van der Waals surface area contributed by atoms with Crippen LogP contribution in [0.15, 0.2) is 84.9 Å². The van der Waals surface area contributed by atoms with E-state index in [1.165, 1.54) is 0 Å². The Morgan fingerprint density at radius 3 is 1.39 bits per heavy atom. The Kier molecular flexibility index (Phi) is 6.01. The summed E-state index contributed by atoms with van der Waals surface area (Å²) in [6.45, 7) is 3.93. The molecule has 2 aliphatic rings. The summed E-state index contributed by atoms with van der Waals surface area (Å²) < 4.78 is 0. The number of hydrogen-bond acceptors (Lipinski definition) is 2. The highest BCUT2D eigenvalue weighted by atomic mass is 35.5. The Labute approximate surface area is 230 Å². The molecule has 190 valence electrons. The van der Waals surface area contributed by atoms with Crippen LogP contribution in [0.2, 0.25) is 10.0 Å². The summed E-state index contributed by atoms with van der Waals surface area (Å²) in [4.78, 5) is 31.2. The molecule has 4 aromatic carbocycles. The molecule has 2 atom stereocenters. The monoisotopic (exact) mass is 542 g/mol. The molecule has 2 unspecified atom stereocenters. The Morgan fingerprint density at radius 2 is 1.00 bits per heavy atom. The highest BCUT2D eigenvalue weighted by Crippen LogP contribution is 2.51. The van der Waals surface area contributed by atoms with Gasteiger partial charge in [-0.15, -0.1) is 0 Å². The molecule has 4 aromatic rings. The first-order valence-electron chi connectivity index (χ1n) is 12.2. The van der Waals surface area contributed by atoms with Crippen molar-refractivity contribution in [3.63, 3.8) is 0 Å². The number of carbonyl (C=O) groups excluding carboxylic acids is 2. The van der Waals surface area contributed by atoms with Crippen LogP contribution in [-0.2, 0) is 0 Å². The van der Waals surface area contributed by atoms with Crippen molar-refractivity contribution in [1.29, 1.82) is 0 Å². The largest absolute Gasteiger partial charge is 0.327 e. The molecule has 6 nitrogen and oxygen atoms in total. The third-order valence-electron chi connectivity index (χ3n) is 7.19. The number of carbonyl (C=O) groups is 2. The lowest BCUT2D eigenvalue weighted by molar-refractivity contribution is 0.246. The first-order chi connectivity index (χ1) is 18.3. The van der Waals surface area contributed by atoms with Crippen LogP contribution >= 0.6 is 23.2 Å². The van der Waals surface area contributed by atoms with Gasteiger partial charge in [0, 0.05) is 43.9 Å². The van der Waals surface area contributed by atoms with Gasteiger partial charge in [0.2, 0.25) is 0 Å². The molecule has 0 radical (unpaired) electrons. The normalized spacial score (nSPS) is 18.4. The molecule has 4 amide bonds. The summed E-state index contributed by atoms with van der Waals surface area (Å²) >= 11 is 13.1. The summed E-state index contributed by atoms with van der Waals surface area (Å²) in [6.07, 6.45) is 0. The Balaban J connectivity index is 1.69. The van der Waals surface area contributed by atoms with E-state index in [9.17, 15) is 9.59 Å². The fourth-order valence-corrected chi connectivity index (χ4v) is 5.84. The maximum absolute atomic E-state index is 13.9. The lowest BCUT2D eigenvalue weighted by atomic mass is 9.85. The number of hydrogen-bond donors (Lipinski definition) is 2. The number of halogens is 2. The Bertz CT molecular complexity index is 1490. The lowest BCUT2D eigenvalue weighted by Crippen LogP contribution is -2.53. The maximum Gasteiger partial charge on any atom is 0.327 e. The second-order valence-electron chi connectivity index (χ2n) is 9.53. The number of fused-ring (bicyclic) bond motifs is 2. The third kappa shape index (κ3) is 3.97. The van der Waals surface area contributed by atoms with Gasteiger partial charge in [-0.25, -0.2) is 9.59 Å². The number of nitrogens with zero attached hydrogens (tertiary/aromatic N) is 2. The maximum atomic E-state index is 13.9. The average molecular weight is 543 g/mol. The SMILES string of the molecule is Cc1ccccc1N1C(=O)Nc2ccc(Cl)cc2C1C1c2cc(Cl)ccc2NC(=O)N1c1ccccc1C. The van der Waals surface area contributed by atoms with E-state index in [1.54, 1.807) is 34.1 Å². The molecule has 0 aliphatic carbocycles. The van der Waals surface area contributed by atoms with Crippen LogP contribution in [0.4, 0.5) is 32.3 Å². The number of benzene rings is 4. The molecule has 2 heterocycles. The van der Waals surface area contributed by atoms with Crippen LogP contribution in [0.25, 0.3) is 0 Å². The zero-order valence-corrected chi connectivity index (χ0v) is 22.2. The minimum atomic E-state index is -0.624. The van der Waals surface area contributed by atoms with Crippen LogP contribution < -0.4 is 20.4 Å². The van der Waals surface area contributed by atoms with Crippen molar-refractivity contribution in [3.05, 3.63) is 117 Å². The molecule has 2 aliphatic heterocycles. The number of aryl methyl sites for hydroxylation is 2. The van der Waals surface area contributed by atoms with Gasteiger partial charge in [0.25, 0.3) is 0 Å². The van der Waals surface area contributed by atoms with Crippen molar-refractivity contribution in [2.24, 2.45) is 0 Å². The molecule has 0 aromatic heterocycles. The first kappa shape index (κ1) is 24.3. The molecule has 0 fully saturated rings. The Morgan fingerprint density at radius 1 is 0.605 bits per heavy atom. The van der Waals surface area contributed by atoms with Gasteiger partial charge in [0.05, 0.1) is 12.1 Å². The van der Waals surface area contributed by atoms with Crippen molar-refractivity contribution < 1.29 is 9.59 Å². The summed E-state index contributed by atoms with van der Waals surface area (Å²) in [5.74, 6) is 0. The van der Waals surface area contributed by atoms with Gasteiger partial charge in [-0.1, -0.05) is 59.6 Å². The summed E-state index contributed by atoms with van der Waals surface area (Å²) in [7, 11) is 0. The summed E-state index contributed by atoms with van der Waals surface area (Å²) in [5.41, 5.74) is 6.20. The second kappa shape index (κ2) is 9.39. The van der Waals surface area contributed by atoms with Crippen LogP contribution in [0.5, 0.6) is 0 Å². The number of anilines is 4. The molecule has 8 heteroatoms. The van der Waals surface area contributed by atoms with Crippen molar-refractivity contribution in [1.82, 2.24) is 0 Å². The molecule has 0 saturated carbocycles. The molecule has 6 rings (SSSR count). The zero-order valence-electron chi connectivity index (χ0n) is 20.7. The number of rotatable bonds is 3. The number of amides is 4. The van der Waals surface area contributed by atoms with Gasteiger partial charge in [-0.2, -0.15) is 0 Å². The smallest absolute Gasteiger partial charge is 0.307 e. The highest BCUT2D eigenvalue weighted by Gasteiger charge is 2.47. The van der Waals surface area contributed by atoms with Gasteiger partial charge in [0.1, 0.15) is 0 Å². The van der Waals surface area contributed by atoms with Gasteiger partial charge in [-0.3, -0.25) is 9.80 Å². The van der Waals surface area contributed by atoms with Crippen molar-refractivity contribution in [2.45, 2.75) is 25.9 Å². The fraction of sp³-hybridized carbons (Fsp3) is 0.133. The van der Waals surface area contributed by atoms with E-state index in [0.717, 1.165) is 33.6 Å². The van der Waals surface area contributed by atoms with E-state index in [1.807, 2.05) is 74.5 Å². The van der Waals surface area contributed by atoms with Crippen molar-refractivity contribution >= 4 is 58.0 Å². The topological polar surface area (TPSA) is 64.7 Å². The molecule has 38 heavy (non-hydrogen) atoms. The van der Waals surface area contributed by atoms with Gasteiger partial charge in [-0.05, 0) is 73.5 Å². The number of urea groups is 2. The Hall–Kier alpha value is -4.00. The third-order valence-corrected chi connectivity index (χ3v) is 7.66. The highest BCUT2D eigenvalue weighted by molar-refractivity contribution is 6.31. The standard InChI is InChI=1S/C30H24Cl2N4O2/c1-17-7-3-5-9-25(17)35-27(21-15-19(31)11-13-23(21)33-29(35)37)28-22-16-20(32)12-14-24(22)34-30(38)36(28)26-10-6-4-8-18(26)2/h3-16,27-28H,1-2H3,(H,33,37)(H,34,38). The quantitative estimate of drug-likeness (QED) is 0.272. The predicted octanol–water partition coefficient (Wildman–Crippen LogP) is 8.50. The number of nitrogens with one attached hydrogen (secondary N) is 2. The molecular weight excluding hydrogens is 519 g/mol. The van der Waals surface area contributed by atoms with E-state index in [-0.39, 0.29) is 12.1 Å². The molecule has 0 saturated heterocycles.